The summed E-state index contributed by atoms with van der Waals surface area (Å²) < 4.78 is 1.07. The van der Waals surface area contributed by atoms with E-state index in [4.69, 9.17) is 0 Å². The number of hydrogen-bond acceptors (Lipinski definition) is 5. The maximum atomic E-state index is 12.4. The maximum Gasteiger partial charge on any atom is 0.290 e. The molecule has 1 aliphatic rings. The minimum Gasteiger partial charge on any atom is -0.268 e. The highest BCUT2D eigenvalue weighted by Gasteiger charge is 2.30. The highest BCUT2D eigenvalue weighted by Crippen LogP contribution is 2.40. The van der Waals surface area contributed by atoms with E-state index in [1.165, 1.54) is 41.0 Å². The van der Waals surface area contributed by atoms with Gasteiger partial charge in [0.1, 0.15) is 0 Å². The van der Waals surface area contributed by atoms with E-state index in [0.29, 0.717) is 10.8 Å². The van der Waals surface area contributed by atoms with Crippen LogP contribution in [0, 0.1) is 11.3 Å². The second-order valence-corrected chi connectivity index (χ2v) is 9.09. The Morgan fingerprint density at radius 1 is 1.22 bits per heavy atom. The van der Waals surface area contributed by atoms with Crippen LogP contribution in [-0.2, 0) is 19.9 Å². The minimum atomic E-state index is -0.576. The SMILES string of the molecule is Cn1nc(C(=O)NNC(=O)c2cc3c(s2)CC[C@@H](C(C)(C)C)C3)ccc1=O. The van der Waals surface area contributed by atoms with Crippen LogP contribution in [0.5, 0.6) is 0 Å². The Kier molecular flexibility index (Phi) is 5.19. The molecule has 0 aliphatic heterocycles. The molecule has 0 spiro atoms. The van der Waals surface area contributed by atoms with Gasteiger partial charge in [-0.3, -0.25) is 25.2 Å². The van der Waals surface area contributed by atoms with Crippen LogP contribution in [0.4, 0.5) is 0 Å². The number of aromatic nitrogens is 2. The molecule has 2 heterocycles. The number of fused-ring (bicyclic) bond motifs is 1. The Morgan fingerprint density at radius 3 is 2.59 bits per heavy atom. The number of aryl methyl sites for hydroxylation is 2. The largest absolute Gasteiger partial charge is 0.290 e. The summed E-state index contributed by atoms with van der Waals surface area (Å²) in [6.45, 7) is 6.77. The number of rotatable bonds is 2. The van der Waals surface area contributed by atoms with Crippen molar-refractivity contribution >= 4 is 23.2 Å². The van der Waals surface area contributed by atoms with E-state index in [2.05, 4.69) is 36.7 Å². The zero-order chi connectivity index (χ0) is 19.8. The summed E-state index contributed by atoms with van der Waals surface area (Å²) in [5, 5.41) is 3.85. The number of amides is 2. The molecule has 8 heteroatoms. The summed E-state index contributed by atoms with van der Waals surface area (Å²) >= 11 is 1.48. The van der Waals surface area contributed by atoms with Crippen molar-refractivity contribution in [3.05, 3.63) is 49.6 Å². The predicted octanol–water partition coefficient (Wildman–Crippen LogP) is 2.07. The summed E-state index contributed by atoms with van der Waals surface area (Å²) in [7, 11) is 1.46. The lowest BCUT2D eigenvalue weighted by Crippen LogP contribution is -2.42. The monoisotopic (exact) mass is 388 g/mol. The molecule has 0 aromatic carbocycles. The van der Waals surface area contributed by atoms with Crippen molar-refractivity contribution < 1.29 is 9.59 Å². The average Bonchev–Trinajstić information content (AvgIpc) is 3.04. The van der Waals surface area contributed by atoms with Crippen LogP contribution >= 0.6 is 11.3 Å². The molecule has 144 valence electrons. The molecule has 0 unspecified atom stereocenters. The molecule has 0 fully saturated rings. The Labute approximate surface area is 161 Å². The number of hydrogen-bond donors (Lipinski definition) is 2. The summed E-state index contributed by atoms with van der Waals surface area (Å²) in [6.07, 6.45) is 3.10. The fraction of sp³-hybridized carbons (Fsp3) is 0.474. The number of carbonyl (C=O) groups excluding carboxylic acids is 2. The molecule has 2 amide bonds. The molecule has 0 radical (unpaired) electrons. The topological polar surface area (TPSA) is 93.1 Å². The third-order valence-electron chi connectivity index (χ3n) is 5.01. The van der Waals surface area contributed by atoms with Crippen LogP contribution in [0.15, 0.2) is 23.0 Å². The summed E-state index contributed by atoms with van der Waals surface area (Å²) in [5.41, 5.74) is 6.00. The van der Waals surface area contributed by atoms with Gasteiger partial charge in [0.25, 0.3) is 17.4 Å². The molecule has 0 bridgehead atoms. The van der Waals surface area contributed by atoms with Crippen LogP contribution in [0.2, 0.25) is 0 Å². The summed E-state index contributed by atoms with van der Waals surface area (Å²) in [4.78, 5) is 37.7. The average molecular weight is 388 g/mol. The molecule has 3 rings (SSSR count). The first kappa shape index (κ1) is 19.3. The van der Waals surface area contributed by atoms with E-state index in [-0.39, 0.29) is 22.6 Å². The van der Waals surface area contributed by atoms with E-state index in [9.17, 15) is 14.4 Å². The first-order valence-corrected chi connectivity index (χ1v) is 9.73. The van der Waals surface area contributed by atoms with E-state index >= 15 is 0 Å². The number of hydrazine groups is 1. The van der Waals surface area contributed by atoms with Crippen LogP contribution in [0.3, 0.4) is 0 Å². The molecular weight excluding hydrogens is 364 g/mol. The maximum absolute atomic E-state index is 12.4. The van der Waals surface area contributed by atoms with Crippen LogP contribution < -0.4 is 16.4 Å². The van der Waals surface area contributed by atoms with Crippen LogP contribution in [-0.4, -0.2) is 21.6 Å². The van der Waals surface area contributed by atoms with Gasteiger partial charge in [-0.1, -0.05) is 20.8 Å². The Morgan fingerprint density at radius 2 is 1.93 bits per heavy atom. The number of nitrogens with zero attached hydrogens (tertiary/aromatic N) is 2. The van der Waals surface area contributed by atoms with Crippen molar-refractivity contribution in [2.75, 3.05) is 0 Å². The molecule has 2 aromatic heterocycles. The lowest BCUT2D eigenvalue weighted by molar-refractivity contribution is 0.0845. The van der Waals surface area contributed by atoms with E-state index in [1.54, 1.807) is 0 Å². The zero-order valence-electron chi connectivity index (χ0n) is 16.0. The lowest BCUT2D eigenvalue weighted by Gasteiger charge is -2.33. The molecule has 2 N–H and O–H groups in total. The van der Waals surface area contributed by atoms with Gasteiger partial charge in [-0.25, -0.2) is 4.68 Å². The van der Waals surface area contributed by atoms with Crippen molar-refractivity contribution in [1.29, 1.82) is 0 Å². The fourth-order valence-electron chi connectivity index (χ4n) is 3.24. The van der Waals surface area contributed by atoms with Gasteiger partial charge in [-0.2, -0.15) is 5.10 Å². The molecular formula is C19H24N4O3S. The highest BCUT2D eigenvalue weighted by atomic mass is 32.1. The van der Waals surface area contributed by atoms with Crippen molar-refractivity contribution in [2.45, 2.75) is 40.0 Å². The van der Waals surface area contributed by atoms with Gasteiger partial charge in [0.05, 0.1) is 4.88 Å². The molecule has 0 saturated carbocycles. The van der Waals surface area contributed by atoms with Crippen molar-refractivity contribution in [3.63, 3.8) is 0 Å². The van der Waals surface area contributed by atoms with Crippen molar-refractivity contribution in [1.82, 2.24) is 20.6 Å². The predicted molar refractivity (Wildman–Crippen MR) is 104 cm³/mol. The summed E-state index contributed by atoms with van der Waals surface area (Å²) in [6, 6.07) is 4.51. The molecule has 2 aromatic rings. The van der Waals surface area contributed by atoms with Crippen molar-refractivity contribution in [3.8, 4) is 0 Å². The Bertz CT molecular complexity index is 939. The molecule has 0 saturated heterocycles. The fourth-order valence-corrected chi connectivity index (χ4v) is 4.34. The van der Waals surface area contributed by atoms with Gasteiger partial charge in [-0.15, -0.1) is 11.3 Å². The van der Waals surface area contributed by atoms with Gasteiger partial charge in [0.2, 0.25) is 0 Å². The second-order valence-electron chi connectivity index (χ2n) is 7.95. The van der Waals surface area contributed by atoms with Gasteiger partial charge in [-0.05, 0) is 48.3 Å². The molecule has 7 nitrogen and oxygen atoms in total. The normalized spacial score (nSPS) is 16.5. The number of thiophene rings is 1. The van der Waals surface area contributed by atoms with Crippen LogP contribution in [0.1, 0.15) is 57.8 Å². The standard InChI is InChI=1S/C19H24N4O3S/c1-19(2,3)12-5-7-14-11(9-12)10-15(27-14)18(26)21-20-17(25)13-6-8-16(24)23(4)22-13/h6,8,10,12H,5,7,9H2,1-4H3,(H,20,25)(H,21,26)/t12-/m1/s1. The minimum absolute atomic E-state index is 0.0518. The van der Waals surface area contributed by atoms with Crippen molar-refractivity contribution in [2.24, 2.45) is 18.4 Å². The molecule has 27 heavy (non-hydrogen) atoms. The molecule has 1 atom stereocenters. The van der Waals surface area contributed by atoms with Gasteiger partial charge < -0.3 is 0 Å². The van der Waals surface area contributed by atoms with E-state index < -0.39 is 5.91 Å². The molecule has 1 aliphatic carbocycles. The third kappa shape index (κ3) is 4.27. The van der Waals surface area contributed by atoms with E-state index in [1.807, 2.05) is 6.07 Å². The van der Waals surface area contributed by atoms with Gasteiger partial charge in [0, 0.05) is 18.0 Å². The zero-order valence-corrected chi connectivity index (χ0v) is 16.8. The Balaban J connectivity index is 1.64. The first-order chi connectivity index (χ1) is 12.6. The lowest BCUT2D eigenvalue weighted by atomic mass is 9.72. The quantitative estimate of drug-likeness (QED) is 0.770. The number of carbonyl (C=O) groups is 2. The highest BCUT2D eigenvalue weighted by molar-refractivity contribution is 7.14. The third-order valence-corrected chi connectivity index (χ3v) is 6.25. The van der Waals surface area contributed by atoms with Gasteiger partial charge >= 0.3 is 0 Å². The number of nitrogens with one attached hydrogen (secondary N) is 2. The van der Waals surface area contributed by atoms with Gasteiger partial charge in [0.15, 0.2) is 5.69 Å². The van der Waals surface area contributed by atoms with E-state index in [0.717, 1.165) is 23.9 Å². The summed E-state index contributed by atoms with van der Waals surface area (Å²) in [5.74, 6) is -0.320. The smallest absolute Gasteiger partial charge is 0.268 e. The van der Waals surface area contributed by atoms with Crippen LogP contribution in [0.25, 0.3) is 0 Å². The Hall–Kier alpha value is -2.48. The first-order valence-electron chi connectivity index (χ1n) is 8.92. The second kappa shape index (κ2) is 7.26.